The topological polar surface area (TPSA) is 123 Å². The van der Waals surface area contributed by atoms with E-state index < -0.39 is 15.7 Å². The normalized spacial score (nSPS) is 11.1. The van der Waals surface area contributed by atoms with Crippen LogP contribution < -0.4 is 10.6 Å². The van der Waals surface area contributed by atoms with Crippen molar-refractivity contribution in [1.29, 1.82) is 0 Å². The Morgan fingerprint density at radius 2 is 1.76 bits per heavy atom. The van der Waals surface area contributed by atoms with Crippen molar-refractivity contribution in [3.8, 4) is 5.82 Å². The van der Waals surface area contributed by atoms with Crippen LogP contribution in [0.4, 0.5) is 11.4 Å². The van der Waals surface area contributed by atoms with Gasteiger partial charge >= 0.3 is 0 Å². The molecule has 34 heavy (non-hydrogen) atoms. The predicted octanol–water partition coefficient (Wildman–Crippen LogP) is 3.83. The Bertz CT molecular complexity index is 1470. The molecule has 2 heterocycles. The van der Waals surface area contributed by atoms with Gasteiger partial charge in [-0.25, -0.2) is 18.4 Å². The zero-order chi connectivity index (χ0) is 24.3. The molecule has 0 unspecified atom stereocenters. The van der Waals surface area contributed by atoms with Gasteiger partial charge in [0.25, 0.3) is 11.8 Å². The van der Waals surface area contributed by atoms with Crippen molar-refractivity contribution in [3.63, 3.8) is 0 Å². The van der Waals surface area contributed by atoms with Crippen LogP contribution in [0.1, 0.15) is 20.7 Å². The van der Waals surface area contributed by atoms with Gasteiger partial charge in [0.15, 0.2) is 9.84 Å². The van der Waals surface area contributed by atoms with E-state index in [1.54, 1.807) is 41.5 Å². The van der Waals surface area contributed by atoms with Crippen LogP contribution in [-0.2, 0) is 9.84 Å². The minimum absolute atomic E-state index is 0.0388. The third-order valence-electron chi connectivity index (χ3n) is 4.78. The van der Waals surface area contributed by atoms with Crippen molar-refractivity contribution in [2.45, 2.75) is 4.90 Å². The van der Waals surface area contributed by atoms with Crippen LogP contribution in [0.15, 0.2) is 84.4 Å². The number of aromatic nitrogens is 3. The number of carbonyl (C=O) groups is 2. The van der Waals surface area contributed by atoms with Crippen molar-refractivity contribution >= 4 is 44.6 Å². The predicted molar refractivity (Wildman–Crippen MR) is 128 cm³/mol. The summed E-state index contributed by atoms with van der Waals surface area (Å²) >= 11 is 6.29. The van der Waals surface area contributed by atoms with Gasteiger partial charge in [0.2, 0.25) is 0 Å². The lowest BCUT2D eigenvalue weighted by Crippen LogP contribution is -2.14. The number of carbonyl (C=O) groups excluding carboxylic acids is 2. The van der Waals surface area contributed by atoms with Crippen LogP contribution in [0.5, 0.6) is 0 Å². The molecule has 172 valence electrons. The largest absolute Gasteiger partial charge is 0.322 e. The zero-order valence-electron chi connectivity index (χ0n) is 17.8. The van der Waals surface area contributed by atoms with Crippen molar-refractivity contribution in [1.82, 2.24) is 14.5 Å². The van der Waals surface area contributed by atoms with Gasteiger partial charge in [-0.05, 0) is 48.5 Å². The average molecular weight is 496 g/mol. The minimum atomic E-state index is -3.45. The van der Waals surface area contributed by atoms with Gasteiger partial charge in [0.1, 0.15) is 12.1 Å². The van der Waals surface area contributed by atoms with E-state index in [4.69, 9.17) is 11.6 Å². The summed E-state index contributed by atoms with van der Waals surface area (Å²) in [5, 5.41) is 5.56. The number of halogens is 1. The standard InChI is InChI=1S/C23H18ClN5O4S/c1-34(32,33)18-4-2-3-15(11-18)22(30)28-20-7-6-17(12-19(20)24)27-23(31)16-5-8-21(26-13-16)29-10-9-25-14-29/h2-14H,1H3,(H,27,31)(H,28,30). The number of nitrogens with one attached hydrogen (secondary N) is 2. The number of hydrogen-bond acceptors (Lipinski definition) is 6. The fraction of sp³-hybridized carbons (Fsp3) is 0.0435. The highest BCUT2D eigenvalue weighted by molar-refractivity contribution is 7.90. The maximum Gasteiger partial charge on any atom is 0.257 e. The Morgan fingerprint density at radius 1 is 0.971 bits per heavy atom. The molecule has 4 rings (SSSR count). The molecule has 0 spiro atoms. The van der Waals surface area contributed by atoms with E-state index in [1.165, 1.54) is 42.6 Å². The van der Waals surface area contributed by atoms with Crippen LogP contribution in [0.2, 0.25) is 5.02 Å². The molecule has 0 atom stereocenters. The van der Waals surface area contributed by atoms with E-state index in [-0.39, 0.29) is 21.4 Å². The molecule has 0 saturated heterocycles. The second-order valence-corrected chi connectivity index (χ2v) is 9.70. The first-order chi connectivity index (χ1) is 16.2. The van der Waals surface area contributed by atoms with Gasteiger partial charge in [0, 0.05) is 36.1 Å². The van der Waals surface area contributed by atoms with Crippen molar-refractivity contribution in [2.24, 2.45) is 0 Å². The number of imidazole rings is 1. The summed E-state index contributed by atoms with van der Waals surface area (Å²) < 4.78 is 25.2. The Kier molecular flexibility index (Phi) is 6.44. The minimum Gasteiger partial charge on any atom is -0.322 e. The highest BCUT2D eigenvalue weighted by Gasteiger charge is 2.14. The van der Waals surface area contributed by atoms with Crippen molar-refractivity contribution < 1.29 is 18.0 Å². The molecule has 2 amide bonds. The second kappa shape index (κ2) is 9.46. The molecule has 0 bridgehead atoms. The van der Waals surface area contributed by atoms with Gasteiger partial charge in [-0.1, -0.05) is 17.7 Å². The molecule has 11 heteroatoms. The van der Waals surface area contributed by atoms with Crippen LogP contribution in [0.25, 0.3) is 5.82 Å². The summed E-state index contributed by atoms with van der Waals surface area (Å²) in [7, 11) is -3.45. The number of nitrogens with zero attached hydrogens (tertiary/aromatic N) is 3. The molecule has 0 saturated carbocycles. The highest BCUT2D eigenvalue weighted by Crippen LogP contribution is 2.26. The second-order valence-electron chi connectivity index (χ2n) is 7.28. The summed E-state index contributed by atoms with van der Waals surface area (Å²) in [6.45, 7) is 0. The number of benzene rings is 2. The molecule has 4 aromatic rings. The van der Waals surface area contributed by atoms with Crippen LogP contribution in [-0.4, -0.2) is 41.0 Å². The smallest absolute Gasteiger partial charge is 0.257 e. The maximum atomic E-state index is 12.6. The summed E-state index contributed by atoms with van der Waals surface area (Å²) in [5.41, 5.74) is 1.25. The molecule has 0 aliphatic carbocycles. The first kappa shape index (κ1) is 23.1. The molecule has 0 fully saturated rings. The molecule has 0 radical (unpaired) electrons. The third-order valence-corrected chi connectivity index (χ3v) is 6.20. The fourth-order valence-corrected chi connectivity index (χ4v) is 3.92. The number of anilines is 2. The summed E-state index contributed by atoms with van der Waals surface area (Å²) in [6, 6.07) is 13.6. The van der Waals surface area contributed by atoms with Gasteiger partial charge in [-0.3, -0.25) is 14.2 Å². The first-order valence-corrected chi connectivity index (χ1v) is 12.1. The zero-order valence-corrected chi connectivity index (χ0v) is 19.3. The van der Waals surface area contributed by atoms with Crippen LogP contribution in [0.3, 0.4) is 0 Å². The van der Waals surface area contributed by atoms with Gasteiger partial charge in [-0.15, -0.1) is 0 Å². The van der Waals surface area contributed by atoms with Crippen LogP contribution in [0, 0.1) is 0 Å². The SMILES string of the molecule is CS(=O)(=O)c1cccc(C(=O)Nc2ccc(NC(=O)c3ccc(-n4ccnc4)nc3)cc2Cl)c1. The van der Waals surface area contributed by atoms with Crippen LogP contribution >= 0.6 is 11.6 Å². The number of amides is 2. The summed E-state index contributed by atoms with van der Waals surface area (Å²) in [5.74, 6) is -0.275. The highest BCUT2D eigenvalue weighted by atomic mass is 35.5. The van der Waals surface area contributed by atoms with Gasteiger partial charge < -0.3 is 10.6 Å². The van der Waals surface area contributed by atoms with E-state index >= 15 is 0 Å². The number of sulfone groups is 1. The van der Waals surface area contributed by atoms with E-state index in [0.29, 0.717) is 22.8 Å². The average Bonchev–Trinajstić information content (AvgIpc) is 3.35. The lowest BCUT2D eigenvalue weighted by Gasteiger charge is -2.11. The van der Waals surface area contributed by atoms with Crippen molar-refractivity contribution in [3.05, 3.63) is 95.7 Å². The van der Waals surface area contributed by atoms with E-state index in [0.717, 1.165) is 6.26 Å². The Morgan fingerprint density at radius 3 is 2.41 bits per heavy atom. The van der Waals surface area contributed by atoms with E-state index in [2.05, 4.69) is 20.6 Å². The van der Waals surface area contributed by atoms with Gasteiger partial charge in [-0.2, -0.15) is 0 Å². The molecule has 2 N–H and O–H groups in total. The number of rotatable bonds is 6. The molecule has 9 nitrogen and oxygen atoms in total. The van der Waals surface area contributed by atoms with Crippen molar-refractivity contribution in [2.75, 3.05) is 16.9 Å². The first-order valence-electron chi connectivity index (χ1n) is 9.87. The summed E-state index contributed by atoms with van der Waals surface area (Å²) in [4.78, 5) is 33.4. The molecule has 2 aromatic heterocycles. The van der Waals surface area contributed by atoms with Gasteiger partial charge in [0.05, 0.1) is 21.2 Å². The number of hydrogen-bond donors (Lipinski definition) is 2. The fourth-order valence-electron chi connectivity index (χ4n) is 3.03. The number of pyridine rings is 1. The Labute approximate surface area is 200 Å². The lowest BCUT2D eigenvalue weighted by atomic mass is 10.2. The maximum absolute atomic E-state index is 12.6. The lowest BCUT2D eigenvalue weighted by molar-refractivity contribution is 0.101. The molecule has 2 aromatic carbocycles. The Hall–Kier alpha value is -4.02. The quantitative estimate of drug-likeness (QED) is 0.419. The molecular formula is C23H18ClN5O4S. The van der Waals surface area contributed by atoms with E-state index in [9.17, 15) is 18.0 Å². The monoisotopic (exact) mass is 495 g/mol. The molecule has 0 aliphatic heterocycles. The summed E-state index contributed by atoms with van der Waals surface area (Å²) in [6.07, 6.45) is 7.49. The Balaban J connectivity index is 1.44. The van der Waals surface area contributed by atoms with E-state index in [1.807, 2.05) is 0 Å². The molecule has 0 aliphatic rings. The molecular weight excluding hydrogens is 478 g/mol. The third kappa shape index (κ3) is 5.30.